The van der Waals surface area contributed by atoms with E-state index in [0.29, 0.717) is 5.92 Å². The van der Waals surface area contributed by atoms with Gasteiger partial charge in [0.05, 0.1) is 6.61 Å². The minimum atomic E-state index is 0.177. The summed E-state index contributed by atoms with van der Waals surface area (Å²) < 4.78 is 5.71. The molecule has 17 heavy (non-hydrogen) atoms. The summed E-state index contributed by atoms with van der Waals surface area (Å²) in [4.78, 5) is 0. The SMILES string of the molecule is CCC(Cc1cc(Cl)cc2c1OCC2)C(C)Cl. The summed E-state index contributed by atoms with van der Waals surface area (Å²) in [5.74, 6) is 1.52. The van der Waals surface area contributed by atoms with E-state index >= 15 is 0 Å². The molecule has 2 atom stereocenters. The lowest BCUT2D eigenvalue weighted by atomic mass is 9.92. The van der Waals surface area contributed by atoms with Crippen molar-refractivity contribution in [2.24, 2.45) is 5.92 Å². The monoisotopic (exact) mass is 272 g/mol. The maximum Gasteiger partial charge on any atom is 0.125 e. The fourth-order valence-corrected chi connectivity index (χ4v) is 2.94. The van der Waals surface area contributed by atoms with E-state index in [9.17, 15) is 0 Å². The van der Waals surface area contributed by atoms with E-state index in [1.54, 1.807) is 0 Å². The van der Waals surface area contributed by atoms with Crippen molar-refractivity contribution in [3.8, 4) is 5.75 Å². The van der Waals surface area contributed by atoms with Crippen LogP contribution >= 0.6 is 23.2 Å². The van der Waals surface area contributed by atoms with Crippen LogP contribution < -0.4 is 4.74 Å². The molecule has 0 saturated heterocycles. The Balaban J connectivity index is 2.26. The predicted octanol–water partition coefficient (Wildman–Crippen LogP) is 4.47. The topological polar surface area (TPSA) is 9.23 Å². The minimum Gasteiger partial charge on any atom is -0.493 e. The molecule has 0 amide bonds. The molecule has 0 aliphatic carbocycles. The molecule has 0 aromatic heterocycles. The number of rotatable bonds is 4. The second-order valence-electron chi connectivity index (χ2n) is 4.70. The highest BCUT2D eigenvalue weighted by atomic mass is 35.5. The van der Waals surface area contributed by atoms with Gasteiger partial charge in [0.1, 0.15) is 5.75 Å². The van der Waals surface area contributed by atoms with E-state index in [1.165, 1.54) is 11.1 Å². The highest BCUT2D eigenvalue weighted by Gasteiger charge is 2.21. The number of fused-ring (bicyclic) bond motifs is 1. The van der Waals surface area contributed by atoms with Crippen molar-refractivity contribution in [3.05, 3.63) is 28.3 Å². The standard InChI is InChI=1S/C14H18Cl2O/c1-3-10(9(2)15)6-12-8-13(16)7-11-4-5-17-14(11)12/h7-10H,3-6H2,1-2H3. The van der Waals surface area contributed by atoms with Gasteiger partial charge in [-0.05, 0) is 42.5 Å². The first-order valence-corrected chi connectivity index (χ1v) is 7.01. The van der Waals surface area contributed by atoms with E-state index in [4.69, 9.17) is 27.9 Å². The van der Waals surface area contributed by atoms with Crippen LogP contribution in [0.4, 0.5) is 0 Å². The zero-order chi connectivity index (χ0) is 12.4. The van der Waals surface area contributed by atoms with Gasteiger partial charge in [-0.15, -0.1) is 11.6 Å². The summed E-state index contributed by atoms with van der Waals surface area (Å²) in [5, 5.41) is 0.984. The Bertz CT molecular complexity index is 401. The summed E-state index contributed by atoms with van der Waals surface area (Å²) in [6, 6.07) is 4.03. The van der Waals surface area contributed by atoms with Gasteiger partial charge in [-0.2, -0.15) is 0 Å². The van der Waals surface area contributed by atoms with Crippen LogP contribution in [0.15, 0.2) is 12.1 Å². The fourth-order valence-electron chi connectivity index (χ4n) is 2.41. The van der Waals surface area contributed by atoms with E-state index < -0.39 is 0 Å². The maximum atomic E-state index is 6.21. The molecule has 0 radical (unpaired) electrons. The third-order valence-corrected chi connectivity index (χ3v) is 4.06. The quantitative estimate of drug-likeness (QED) is 0.735. The Morgan fingerprint density at radius 1 is 1.41 bits per heavy atom. The first-order chi connectivity index (χ1) is 8.11. The lowest BCUT2D eigenvalue weighted by Gasteiger charge is -2.19. The van der Waals surface area contributed by atoms with Crippen molar-refractivity contribution >= 4 is 23.2 Å². The van der Waals surface area contributed by atoms with Crippen molar-refractivity contribution in [1.29, 1.82) is 0 Å². The van der Waals surface area contributed by atoms with Gasteiger partial charge < -0.3 is 4.74 Å². The smallest absolute Gasteiger partial charge is 0.125 e. The van der Waals surface area contributed by atoms with E-state index in [-0.39, 0.29) is 5.38 Å². The summed E-state index contributed by atoms with van der Waals surface area (Å²) in [6.45, 7) is 5.01. The van der Waals surface area contributed by atoms with Crippen LogP contribution in [0.5, 0.6) is 5.75 Å². The maximum absolute atomic E-state index is 6.21. The molecule has 1 aromatic carbocycles. The van der Waals surface area contributed by atoms with Crippen molar-refractivity contribution < 1.29 is 4.74 Å². The van der Waals surface area contributed by atoms with Crippen LogP contribution in [0.1, 0.15) is 31.4 Å². The highest BCUT2D eigenvalue weighted by molar-refractivity contribution is 6.30. The van der Waals surface area contributed by atoms with Gasteiger partial charge in [-0.1, -0.05) is 24.9 Å². The number of alkyl halides is 1. The van der Waals surface area contributed by atoms with Gasteiger partial charge in [-0.25, -0.2) is 0 Å². The molecule has 1 nitrogen and oxygen atoms in total. The average Bonchev–Trinajstić information content (AvgIpc) is 2.72. The van der Waals surface area contributed by atoms with Crippen LogP contribution in [0.2, 0.25) is 5.02 Å². The Kier molecular flexibility index (Phi) is 4.22. The molecule has 0 fully saturated rings. The summed E-state index contributed by atoms with van der Waals surface area (Å²) in [6.07, 6.45) is 2.99. The molecule has 1 aliphatic heterocycles. The summed E-state index contributed by atoms with van der Waals surface area (Å²) in [5.41, 5.74) is 2.45. The molecule has 94 valence electrons. The van der Waals surface area contributed by atoms with Gasteiger partial charge in [0, 0.05) is 16.8 Å². The first-order valence-electron chi connectivity index (χ1n) is 6.20. The molecule has 0 saturated carbocycles. The van der Waals surface area contributed by atoms with Gasteiger partial charge in [0.25, 0.3) is 0 Å². The number of benzene rings is 1. The molecular weight excluding hydrogens is 255 g/mol. The normalized spacial score (nSPS) is 17.4. The minimum absolute atomic E-state index is 0.177. The third-order valence-electron chi connectivity index (χ3n) is 3.48. The molecule has 0 spiro atoms. The van der Waals surface area contributed by atoms with Gasteiger partial charge >= 0.3 is 0 Å². The Morgan fingerprint density at radius 2 is 2.18 bits per heavy atom. The van der Waals surface area contributed by atoms with Crippen LogP contribution in [-0.4, -0.2) is 12.0 Å². The second-order valence-corrected chi connectivity index (χ2v) is 5.83. The zero-order valence-corrected chi connectivity index (χ0v) is 11.8. The first kappa shape index (κ1) is 13.0. The Hall–Kier alpha value is -0.400. The van der Waals surface area contributed by atoms with E-state index in [0.717, 1.165) is 36.6 Å². The number of hydrogen-bond donors (Lipinski definition) is 0. The van der Waals surface area contributed by atoms with Crippen molar-refractivity contribution in [2.75, 3.05) is 6.61 Å². The van der Waals surface area contributed by atoms with E-state index in [2.05, 4.69) is 13.8 Å². The molecule has 2 unspecified atom stereocenters. The second kappa shape index (κ2) is 5.49. The van der Waals surface area contributed by atoms with Gasteiger partial charge in [-0.3, -0.25) is 0 Å². The lowest BCUT2D eigenvalue weighted by molar-refractivity contribution is 0.350. The van der Waals surface area contributed by atoms with E-state index in [1.807, 2.05) is 12.1 Å². The van der Waals surface area contributed by atoms with Crippen LogP contribution in [0, 0.1) is 5.92 Å². The molecule has 0 bridgehead atoms. The van der Waals surface area contributed by atoms with Crippen LogP contribution in [0.3, 0.4) is 0 Å². The van der Waals surface area contributed by atoms with Gasteiger partial charge in [0.15, 0.2) is 0 Å². The lowest BCUT2D eigenvalue weighted by Crippen LogP contribution is -2.14. The molecule has 1 aliphatic rings. The molecule has 1 aromatic rings. The van der Waals surface area contributed by atoms with Crippen LogP contribution in [0.25, 0.3) is 0 Å². The van der Waals surface area contributed by atoms with Crippen molar-refractivity contribution in [1.82, 2.24) is 0 Å². The molecule has 1 heterocycles. The number of halogens is 2. The largest absolute Gasteiger partial charge is 0.493 e. The van der Waals surface area contributed by atoms with Crippen molar-refractivity contribution in [3.63, 3.8) is 0 Å². The zero-order valence-electron chi connectivity index (χ0n) is 10.3. The molecular formula is C14H18Cl2O. The Labute approximate surface area is 113 Å². The third kappa shape index (κ3) is 2.89. The molecule has 0 N–H and O–H groups in total. The summed E-state index contributed by atoms with van der Waals surface area (Å²) in [7, 11) is 0. The molecule has 2 rings (SSSR count). The molecule has 3 heteroatoms. The Morgan fingerprint density at radius 3 is 2.82 bits per heavy atom. The average molecular weight is 273 g/mol. The predicted molar refractivity (Wildman–Crippen MR) is 73.5 cm³/mol. The number of ether oxygens (including phenoxy) is 1. The number of hydrogen-bond acceptors (Lipinski definition) is 1. The van der Waals surface area contributed by atoms with Gasteiger partial charge in [0.2, 0.25) is 0 Å². The highest BCUT2D eigenvalue weighted by Crippen LogP contribution is 2.35. The fraction of sp³-hybridized carbons (Fsp3) is 0.571. The van der Waals surface area contributed by atoms with Crippen LogP contribution in [-0.2, 0) is 12.8 Å². The summed E-state index contributed by atoms with van der Waals surface area (Å²) >= 11 is 12.4. The van der Waals surface area contributed by atoms with Crippen molar-refractivity contribution in [2.45, 2.75) is 38.5 Å².